The Kier molecular flexibility index (Phi) is 27.9. The highest BCUT2D eigenvalue weighted by atomic mass is 16.3. The summed E-state index contributed by atoms with van der Waals surface area (Å²) < 4.78 is 0. The molecule has 1 aliphatic rings. The van der Waals surface area contributed by atoms with Crippen LogP contribution < -0.4 is 59.7 Å². The second kappa shape index (κ2) is 32.8. The van der Waals surface area contributed by atoms with E-state index < -0.39 is 126 Å². The molecule has 26 nitrogen and oxygen atoms in total. The lowest BCUT2D eigenvalue weighted by molar-refractivity contribution is -0.142. The number of likely N-dealkylation sites (N-methyl/N-ethyl adjacent to an activating group) is 2. The Labute approximate surface area is 450 Å². The highest BCUT2D eigenvalue weighted by molar-refractivity contribution is 5.98. The molecule has 0 saturated carbocycles. The molecule has 1 aromatic rings. The summed E-state index contributed by atoms with van der Waals surface area (Å²) in [6, 6.07) is -3.00. The molecule has 430 valence electrons. The fourth-order valence-electron chi connectivity index (χ4n) is 8.21. The molecule has 1 fully saturated rings. The Morgan fingerprint density at radius 2 is 1.25 bits per heavy atom. The zero-order chi connectivity index (χ0) is 58.1. The summed E-state index contributed by atoms with van der Waals surface area (Å²) in [6.45, 7) is 13.2. The number of aliphatic imine (C=N–C) groups is 1. The maximum absolute atomic E-state index is 14.5. The molecule has 2 rings (SSSR count). The molecule has 0 unspecified atom stereocenters. The van der Waals surface area contributed by atoms with Crippen LogP contribution >= 0.6 is 0 Å². The van der Waals surface area contributed by atoms with Crippen LogP contribution in [0, 0.1) is 17.8 Å². The molecular weight excluding hydrogens is 1000 g/mol. The topological polar surface area (TPSA) is 401 Å². The smallest absolute Gasteiger partial charge is 0.245 e. The number of hydrogen-bond acceptors (Lipinski definition) is 13. The van der Waals surface area contributed by atoms with Gasteiger partial charge in [0.25, 0.3) is 0 Å². The highest BCUT2D eigenvalue weighted by Gasteiger charge is 2.40. The van der Waals surface area contributed by atoms with Crippen LogP contribution in [0.2, 0.25) is 0 Å². The van der Waals surface area contributed by atoms with Crippen molar-refractivity contribution in [2.45, 2.75) is 155 Å². The first-order chi connectivity index (χ1) is 36.2. The van der Waals surface area contributed by atoms with Gasteiger partial charge in [-0.25, -0.2) is 0 Å². The van der Waals surface area contributed by atoms with E-state index in [1.54, 1.807) is 48.5 Å². The van der Waals surface area contributed by atoms with E-state index in [1.807, 2.05) is 0 Å². The third-order valence-corrected chi connectivity index (χ3v) is 13.3. The van der Waals surface area contributed by atoms with Crippen LogP contribution in [0.25, 0.3) is 0 Å². The van der Waals surface area contributed by atoms with E-state index in [9.17, 15) is 57.8 Å². The van der Waals surface area contributed by atoms with Crippen LogP contribution in [-0.2, 0) is 59.2 Å². The van der Waals surface area contributed by atoms with Gasteiger partial charge in [-0.1, -0.05) is 66.5 Å². The number of amides is 11. The van der Waals surface area contributed by atoms with Crippen LogP contribution in [0.3, 0.4) is 0 Å². The number of nitrogens with one attached hydrogen (secondary N) is 8. The summed E-state index contributed by atoms with van der Waals surface area (Å²) in [5, 5.41) is 31.2. The van der Waals surface area contributed by atoms with Crippen LogP contribution in [0.1, 0.15) is 112 Å². The van der Waals surface area contributed by atoms with Gasteiger partial charge in [0.1, 0.15) is 48.0 Å². The number of phenols is 1. The molecule has 0 radical (unpaired) electrons. The number of guanidine groups is 1. The molecule has 1 aromatic carbocycles. The predicted octanol–water partition coefficient (Wildman–Crippen LogP) is -2.37. The number of carbonyl (C=O) groups is 11. The number of hydrogen-bond donors (Lipinski definition) is 12. The van der Waals surface area contributed by atoms with Crippen LogP contribution in [0.5, 0.6) is 5.75 Å². The quantitative estimate of drug-likeness (QED) is 0.0204. The van der Waals surface area contributed by atoms with Crippen molar-refractivity contribution < 1.29 is 57.8 Å². The molecule has 0 spiro atoms. The summed E-state index contributed by atoms with van der Waals surface area (Å²) >= 11 is 0. The lowest BCUT2D eigenvalue weighted by Crippen LogP contribution is -2.62. The molecule has 1 saturated heterocycles. The normalized spacial score (nSPS) is 16.1. The average Bonchev–Trinajstić information content (AvgIpc) is 3.87. The van der Waals surface area contributed by atoms with Gasteiger partial charge >= 0.3 is 0 Å². The molecular formula is C51H84N14O12. The highest BCUT2D eigenvalue weighted by Crippen LogP contribution is 2.21. The second-order valence-corrected chi connectivity index (χ2v) is 19.8. The Balaban J connectivity index is 2.48. The average molecular weight is 1090 g/mol. The molecule has 15 N–H and O–H groups in total. The maximum Gasteiger partial charge on any atom is 0.245 e. The zero-order valence-corrected chi connectivity index (χ0v) is 46.0. The fourth-order valence-corrected chi connectivity index (χ4v) is 8.21. The second-order valence-electron chi connectivity index (χ2n) is 19.8. The molecule has 77 heavy (non-hydrogen) atoms. The van der Waals surface area contributed by atoms with Crippen LogP contribution in [-0.4, -0.2) is 168 Å². The van der Waals surface area contributed by atoms with Crippen LogP contribution in [0.15, 0.2) is 29.3 Å². The lowest BCUT2D eigenvalue weighted by atomic mass is 9.95. The Morgan fingerprint density at radius 1 is 0.701 bits per heavy atom. The van der Waals surface area contributed by atoms with Gasteiger partial charge < -0.3 is 74.6 Å². The Morgan fingerprint density at radius 3 is 1.78 bits per heavy atom. The number of nitrogens with zero attached hydrogens (tertiary/aromatic N) is 3. The van der Waals surface area contributed by atoms with Crippen molar-refractivity contribution in [2.75, 3.05) is 39.8 Å². The molecule has 0 bridgehead atoms. The SMILES string of the molecule is CCNC(=O)[C@@H]1CCCN1C(=O)[C@H](CCCN=C(N)N)NC(=O)[C@@H](NC(=O)[C@H](CCC(N)=O)NC(=O)[C@H](Cc1ccc(O)cc1)NC(=O)[C@H](NC(=O)[C@@H](NC(=O)CNC(=O)CN(C)C(C)=O)C(C)C)[C@@H](C)CC)[C@@H](C)CC. The molecule has 0 aromatic heterocycles. The summed E-state index contributed by atoms with van der Waals surface area (Å²) in [5.41, 5.74) is 17.0. The number of primary amides is 1. The van der Waals surface area contributed by atoms with Gasteiger partial charge in [0.05, 0.1) is 13.1 Å². The molecule has 26 heteroatoms. The summed E-state index contributed by atoms with van der Waals surface area (Å²) in [7, 11) is 1.41. The van der Waals surface area contributed by atoms with Gasteiger partial charge in [-0.3, -0.25) is 57.7 Å². The Hall–Kier alpha value is -7.54. The summed E-state index contributed by atoms with van der Waals surface area (Å²) in [6.07, 6.45) is 1.03. The van der Waals surface area contributed by atoms with E-state index in [0.29, 0.717) is 37.8 Å². The first-order valence-electron chi connectivity index (χ1n) is 26.2. The van der Waals surface area contributed by atoms with E-state index in [2.05, 4.69) is 47.5 Å². The standard InChI is InChI=1S/C51H84N14O12/c1-10-29(6)42(48(75)59-35(15-13-23-56-51(53)54)50(77)65-24-14-16-37(65)46(73)55-12-3)62-44(71)34(21-22-38(52)68)58-45(72)36(25-32-17-19-33(67)20-18-32)60-49(76)43(30(7)11-2)63-47(74)41(28(4)5)61-39(69)26-57-40(70)27-64(9)31(8)66/h17-20,28-30,34-37,41-43,67H,10-16,21-27H2,1-9H3,(H2,52,68)(H,55,73)(H,57,70)(H,58,72)(H,59,75)(H,60,76)(H,61,69)(H,62,71)(H,63,74)(H4,53,54,56)/t29-,30-,34-,35-,36-,37-,41-,42-,43+/m0/s1. The van der Waals surface area contributed by atoms with Crippen LogP contribution in [0.4, 0.5) is 0 Å². The van der Waals surface area contributed by atoms with Crippen molar-refractivity contribution >= 4 is 70.9 Å². The zero-order valence-electron chi connectivity index (χ0n) is 46.0. The molecule has 1 aliphatic heterocycles. The van der Waals surface area contributed by atoms with E-state index >= 15 is 0 Å². The third-order valence-electron chi connectivity index (χ3n) is 13.3. The number of aromatic hydroxyl groups is 1. The van der Waals surface area contributed by atoms with Crippen molar-refractivity contribution in [2.24, 2.45) is 39.9 Å². The van der Waals surface area contributed by atoms with Gasteiger partial charge in [-0.15, -0.1) is 0 Å². The Bertz CT molecular complexity index is 2240. The minimum atomic E-state index is -1.53. The lowest BCUT2D eigenvalue weighted by Gasteiger charge is -2.32. The number of rotatable bonds is 32. The van der Waals surface area contributed by atoms with Gasteiger partial charge in [0.2, 0.25) is 65.0 Å². The van der Waals surface area contributed by atoms with Gasteiger partial charge in [0.15, 0.2) is 5.96 Å². The first-order valence-corrected chi connectivity index (χ1v) is 26.2. The first kappa shape index (κ1) is 65.6. The largest absolute Gasteiger partial charge is 0.508 e. The maximum atomic E-state index is 14.5. The molecule has 11 amide bonds. The van der Waals surface area contributed by atoms with Crippen molar-refractivity contribution in [3.8, 4) is 5.75 Å². The van der Waals surface area contributed by atoms with E-state index in [0.717, 1.165) is 4.90 Å². The third kappa shape index (κ3) is 22.3. The summed E-state index contributed by atoms with van der Waals surface area (Å²) in [4.78, 5) is 154. The number of nitrogens with two attached hydrogens (primary N) is 3. The molecule has 1 heterocycles. The summed E-state index contributed by atoms with van der Waals surface area (Å²) in [5.74, 6) is -9.40. The van der Waals surface area contributed by atoms with E-state index in [4.69, 9.17) is 17.2 Å². The number of benzene rings is 1. The molecule has 9 atom stereocenters. The number of likely N-dealkylation sites (tertiary alicyclic amines) is 1. The van der Waals surface area contributed by atoms with E-state index in [1.165, 1.54) is 43.1 Å². The fraction of sp³-hybridized carbons (Fsp3) is 0.647. The predicted molar refractivity (Wildman–Crippen MR) is 285 cm³/mol. The van der Waals surface area contributed by atoms with Gasteiger partial charge in [-0.05, 0) is 74.5 Å². The van der Waals surface area contributed by atoms with Gasteiger partial charge in [0, 0.05) is 46.4 Å². The molecule has 0 aliphatic carbocycles. The number of phenolic OH excluding ortho intramolecular Hbond substituents is 1. The van der Waals surface area contributed by atoms with Crippen molar-refractivity contribution in [3.05, 3.63) is 29.8 Å². The minimum absolute atomic E-state index is 0.0625. The number of carbonyl (C=O) groups excluding carboxylic acids is 11. The van der Waals surface area contributed by atoms with Crippen molar-refractivity contribution in [1.82, 2.24) is 52.3 Å². The van der Waals surface area contributed by atoms with Crippen molar-refractivity contribution in [1.29, 1.82) is 0 Å². The minimum Gasteiger partial charge on any atom is -0.508 e. The monoisotopic (exact) mass is 1080 g/mol. The van der Waals surface area contributed by atoms with Crippen molar-refractivity contribution in [3.63, 3.8) is 0 Å². The van der Waals surface area contributed by atoms with Gasteiger partial charge in [-0.2, -0.15) is 0 Å². The van der Waals surface area contributed by atoms with E-state index in [-0.39, 0.29) is 68.8 Å².